The number of unbranched alkanes of at least 4 members (excludes halogenated alkanes) is 2. The Labute approximate surface area is 151 Å². The molecular formula is C23H30O2. The molecule has 3 rings (SSSR count). The maximum absolute atomic E-state index is 12.3. The van der Waals surface area contributed by atoms with Crippen molar-refractivity contribution in [1.29, 1.82) is 0 Å². The second kappa shape index (κ2) is 7.59. The number of carbonyl (C=O) groups excluding carboxylic acids is 1. The van der Waals surface area contributed by atoms with Gasteiger partial charge in [-0.25, -0.2) is 0 Å². The van der Waals surface area contributed by atoms with Crippen LogP contribution in [0.15, 0.2) is 40.8 Å². The number of rotatable bonds is 9. The molecule has 1 aliphatic rings. The van der Waals surface area contributed by atoms with Gasteiger partial charge in [-0.2, -0.15) is 0 Å². The average molecular weight is 338 g/mol. The minimum absolute atomic E-state index is 0.0900. The van der Waals surface area contributed by atoms with Crippen molar-refractivity contribution < 1.29 is 9.21 Å². The molecule has 0 unspecified atom stereocenters. The first kappa shape index (κ1) is 18.0. The van der Waals surface area contributed by atoms with Gasteiger partial charge >= 0.3 is 0 Å². The maximum atomic E-state index is 12.3. The highest BCUT2D eigenvalue weighted by Crippen LogP contribution is 2.63. The fourth-order valence-electron chi connectivity index (χ4n) is 4.15. The van der Waals surface area contributed by atoms with E-state index in [1.54, 1.807) is 0 Å². The highest BCUT2D eigenvalue weighted by Gasteiger charge is 2.57. The van der Waals surface area contributed by atoms with Crippen molar-refractivity contribution in [3.63, 3.8) is 0 Å². The van der Waals surface area contributed by atoms with E-state index < -0.39 is 0 Å². The summed E-state index contributed by atoms with van der Waals surface area (Å²) < 4.78 is 6.28. The van der Waals surface area contributed by atoms with Crippen molar-refractivity contribution in [2.24, 2.45) is 0 Å². The number of aryl methyl sites for hydroxylation is 1. The van der Waals surface area contributed by atoms with E-state index in [0.29, 0.717) is 12.3 Å². The molecule has 2 nitrogen and oxygen atoms in total. The number of Topliss-reactive ketones (excluding diaryl/α,β-unsaturated/α-hetero) is 1. The highest BCUT2D eigenvalue weighted by atomic mass is 16.3. The first-order valence-corrected chi connectivity index (χ1v) is 9.87. The fraction of sp³-hybridized carbons (Fsp3) is 0.522. The van der Waals surface area contributed by atoms with Crippen molar-refractivity contribution in [1.82, 2.24) is 0 Å². The zero-order chi connectivity index (χ0) is 17.9. The lowest BCUT2D eigenvalue weighted by Crippen LogP contribution is -2.09. The van der Waals surface area contributed by atoms with Gasteiger partial charge in [-0.05, 0) is 30.4 Å². The van der Waals surface area contributed by atoms with E-state index in [0.717, 1.165) is 36.3 Å². The summed E-state index contributed by atoms with van der Waals surface area (Å²) in [7, 11) is 0. The van der Waals surface area contributed by atoms with Crippen LogP contribution in [0.25, 0.3) is 0 Å². The van der Waals surface area contributed by atoms with Gasteiger partial charge in [-0.1, -0.05) is 70.4 Å². The second-order valence-electron chi connectivity index (χ2n) is 7.36. The van der Waals surface area contributed by atoms with Gasteiger partial charge in [0.15, 0.2) is 5.78 Å². The Morgan fingerprint density at radius 1 is 1.16 bits per heavy atom. The monoisotopic (exact) mass is 338 g/mol. The topological polar surface area (TPSA) is 30.2 Å². The third-order valence-corrected chi connectivity index (χ3v) is 5.75. The third kappa shape index (κ3) is 3.44. The number of furan rings is 1. The van der Waals surface area contributed by atoms with Crippen molar-refractivity contribution in [3.05, 3.63) is 59.0 Å². The van der Waals surface area contributed by atoms with Gasteiger partial charge < -0.3 is 4.42 Å². The fourth-order valence-corrected chi connectivity index (χ4v) is 4.15. The van der Waals surface area contributed by atoms with Crippen LogP contribution in [0.5, 0.6) is 0 Å². The summed E-state index contributed by atoms with van der Waals surface area (Å²) in [6.07, 6.45) is 7.31. The number of carbonyl (C=O) groups is 1. The Bertz CT molecular complexity index is 713. The van der Waals surface area contributed by atoms with Crippen molar-refractivity contribution >= 4 is 5.78 Å². The van der Waals surface area contributed by atoms with Crippen LogP contribution in [0, 0.1) is 0 Å². The molecule has 0 radical (unpaired) electrons. The molecule has 1 saturated carbocycles. The van der Waals surface area contributed by atoms with Gasteiger partial charge in [0, 0.05) is 18.3 Å². The molecule has 0 aliphatic heterocycles. The predicted molar refractivity (Wildman–Crippen MR) is 102 cm³/mol. The molecular weight excluding hydrogens is 308 g/mol. The van der Waals surface area contributed by atoms with E-state index in [9.17, 15) is 4.79 Å². The molecule has 1 fully saturated rings. The second-order valence-corrected chi connectivity index (χ2v) is 7.36. The first-order chi connectivity index (χ1) is 12.2. The Hall–Kier alpha value is -1.83. The van der Waals surface area contributed by atoms with Gasteiger partial charge in [0.1, 0.15) is 11.5 Å². The highest BCUT2D eigenvalue weighted by molar-refractivity contribution is 5.97. The minimum atomic E-state index is 0.0900. The van der Waals surface area contributed by atoms with Gasteiger partial charge in [0.2, 0.25) is 0 Å². The molecule has 2 atom stereocenters. The summed E-state index contributed by atoms with van der Waals surface area (Å²) in [6, 6.07) is 12.8. The van der Waals surface area contributed by atoms with Crippen molar-refractivity contribution in [2.45, 2.75) is 77.0 Å². The standard InChI is InChI=1S/C23H30O2/c1-4-7-11-14-23(16-19(23)17-12-9-8-10-13-17)22-15-18(20(24)5-2)21(6-3)25-22/h8-10,12-13,15,19H,4-7,11,14,16H2,1-3H3/t19-,23-/m0/s1. The van der Waals surface area contributed by atoms with Crippen LogP contribution in [0.3, 0.4) is 0 Å². The molecule has 1 heterocycles. The lowest BCUT2D eigenvalue weighted by atomic mass is 9.90. The normalized spacial score (nSPS) is 22.1. The molecule has 1 aromatic carbocycles. The Kier molecular flexibility index (Phi) is 5.46. The molecule has 0 N–H and O–H groups in total. The zero-order valence-corrected chi connectivity index (χ0v) is 15.8. The predicted octanol–water partition coefficient (Wildman–Crippen LogP) is 6.44. The number of ketones is 1. The summed E-state index contributed by atoms with van der Waals surface area (Å²) >= 11 is 0. The Morgan fingerprint density at radius 2 is 1.92 bits per heavy atom. The first-order valence-electron chi connectivity index (χ1n) is 9.87. The van der Waals surface area contributed by atoms with Crippen LogP contribution in [-0.4, -0.2) is 5.78 Å². The van der Waals surface area contributed by atoms with E-state index in [1.807, 2.05) is 6.92 Å². The largest absolute Gasteiger partial charge is 0.465 e. The minimum Gasteiger partial charge on any atom is -0.465 e. The molecule has 25 heavy (non-hydrogen) atoms. The summed E-state index contributed by atoms with van der Waals surface area (Å²) in [4.78, 5) is 12.3. The molecule has 2 heteroatoms. The molecule has 134 valence electrons. The van der Waals surface area contributed by atoms with E-state index >= 15 is 0 Å². The molecule has 0 bridgehead atoms. The molecule has 2 aromatic rings. The Balaban J connectivity index is 1.94. The van der Waals surface area contributed by atoms with Crippen molar-refractivity contribution in [2.75, 3.05) is 0 Å². The maximum Gasteiger partial charge on any atom is 0.166 e. The summed E-state index contributed by atoms with van der Waals surface area (Å²) in [5.41, 5.74) is 2.30. The summed E-state index contributed by atoms with van der Waals surface area (Å²) in [6.45, 7) is 6.24. The van der Waals surface area contributed by atoms with E-state index in [1.165, 1.54) is 24.8 Å². The summed E-state index contributed by atoms with van der Waals surface area (Å²) in [5, 5.41) is 0. The van der Waals surface area contributed by atoms with Gasteiger partial charge in [0.05, 0.1) is 5.56 Å². The smallest absolute Gasteiger partial charge is 0.166 e. The molecule has 0 saturated heterocycles. The lowest BCUT2D eigenvalue weighted by Gasteiger charge is -2.15. The third-order valence-electron chi connectivity index (χ3n) is 5.75. The van der Waals surface area contributed by atoms with Crippen LogP contribution in [-0.2, 0) is 11.8 Å². The van der Waals surface area contributed by atoms with Crippen molar-refractivity contribution in [3.8, 4) is 0 Å². The number of hydrogen-bond acceptors (Lipinski definition) is 2. The van der Waals surface area contributed by atoms with E-state index in [4.69, 9.17) is 4.42 Å². The number of hydrogen-bond donors (Lipinski definition) is 0. The Morgan fingerprint density at radius 3 is 2.56 bits per heavy atom. The van der Waals surface area contributed by atoms with Gasteiger partial charge in [-0.15, -0.1) is 0 Å². The van der Waals surface area contributed by atoms with Gasteiger partial charge in [0.25, 0.3) is 0 Å². The van der Waals surface area contributed by atoms with E-state index in [-0.39, 0.29) is 11.2 Å². The summed E-state index contributed by atoms with van der Waals surface area (Å²) in [5.74, 6) is 2.64. The molecule has 0 spiro atoms. The SMILES string of the molecule is CCCCC[C@]1(c2cc(C(=O)CC)c(CC)o2)C[C@H]1c1ccccc1. The van der Waals surface area contributed by atoms with Crippen LogP contribution in [0.1, 0.15) is 92.7 Å². The average Bonchev–Trinajstić information content (AvgIpc) is 3.22. The molecule has 0 amide bonds. The van der Waals surface area contributed by atoms with Crippen LogP contribution in [0.2, 0.25) is 0 Å². The molecule has 1 aromatic heterocycles. The lowest BCUT2D eigenvalue weighted by molar-refractivity contribution is 0.0986. The van der Waals surface area contributed by atoms with Crippen LogP contribution >= 0.6 is 0 Å². The van der Waals surface area contributed by atoms with Gasteiger partial charge in [-0.3, -0.25) is 4.79 Å². The van der Waals surface area contributed by atoms with Crippen LogP contribution < -0.4 is 0 Å². The van der Waals surface area contributed by atoms with E-state index in [2.05, 4.69) is 50.2 Å². The quantitative estimate of drug-likeness (QED) is 0.389. The van der Waals surface area contributed by atoms with Crippen LogP contribution in [0.4, 0.5) is 0 Å². The molecule has 1 aliphatic carbocycles. The number of benzene rings is 1. The zero-order valence-electron chi connectivity index (χ0n) is 15.8.